The highest BCUT2D eigenvalue weighted by Crippen LogP contribution is 2.27. The van der Waals surface area contributed by atoms with Crippen LogP contribution in [0.4, 0.5) is 0 Å². The molecule has 0 atom stereocenters. The molecule has 0 unspecified atom stereocenters. The molecule has 142 valence electrons. The van der Waals surface area contributed by atoms with Gasteiger partial charge in [-0.05, 0) is 65.2 Å². The van der Waals surface area contributed by atoms with Gasteiger partial charge in [-0.25, -0.2) is 9.48 Å². The van der Waals surface area contributed by atoms with Gasteiger partial charge in [0.1, 0.15) is 18.0 Å². The Balaban J connectivity index is 1.62. The fraction of sp³-hybridized carbons (Fsp3) is 0.200. The molecule has 0 saturated heterocycles. The fourth-order valence-electron chi connectivity index (χ4n) is 3.01. The summed E-state index contributed by atoms with van der Waals surface area (Å²) < 4.78 is 10.4. The van der Waals surface area contributed by atoms with Gasteiger partial charge in [-0.15, -0.1) is 0 Å². The van der Waals surface area contributed by atoms with E-state index in [1.165, 1.54) is 9.36 Å². The monoisotopic (exact) mass is 376 g/mol. The van der Waals surface area contributed by atoms with Crippen LogP contribution in [0, 0.1) is 13.8 Å². The van der Waals surface area contributed by atoms with Gasteiger partial charge < -0.3 is 4.74 Å². The summed E-state index contributed by atoms with van der Waals surface area (Å²) in [6.45, 7) is 4.35. The first-order valence-corrected chi connectivity index (χ1v) is 8.86. The summed E-state index contributed by atoms with van der Waals surface area (Å²) in [5.74, 6) is 0.612. The largest absolute Gasteiger partial charge is 0.486 e. The third-order valence-electron chi connectivity index (χ3n) is 4.61. The second-order valence-electron chi connectivity index (χ2n) is 6.57. The molecule has 4 rings (SSSR count). The smallest absolute Gasteiger partial charge is 0.368 e. The van der Waals surface area contributed by atoms with Crippen molar-refractivity contribution in [1.82, 2.24) is 29.6 Å². The quantitative estimate of drug-likeness (QED) is 0.534. The van der Waals surface area contributed by atoms with E-state index in [9.17, 15) is 4.79 Å². The van der Waals surface area contributed by atoms with Crippen molar-refractivity contribution >= 4 is 0 Å². The van der Waals surface area contributed by atoms with Gasteiger partial charge in [0.05, 0.1) is 5.69 Å². The van der Waals surface area contributed by atoms with Crippen LogP contribution < -0.4 is 10.4 Å². The van der Waals surface area contributed by atoms with E-state index in [1.807, 2.05) is 55.1 Å². The molecule has 2 heterocycles. The Hall–Kier alpha value is -3.68. The maximum Gasteiger partial charge on any atom is 0.368 e. The van der Waals surface area contributed by atoms with Crippen molar-refractivity contribution in [3.63, 3.8) is 0 Å². The Labute approximate surface area is 161 Å². The number of aryl methyl sites for hydroxylation is 3. The average Bonchev–Trinajstić information content (AvgIpc) is 3.33. The molecule has 0 bridgehead atoms. The molecule has 0 spiro atoms. The number of rotatable bonds is 5. The molecule has 4 aromatic rings. The van der Waals surface area contributed by atoms with Gasteiger partial charge in [-0.2, -0.15) is 14.5 Å². The third-order valence-corrected chi connectivity index (χ3v) is 4.61. The van der Waals surface area contributed by atoms with Crippen molar-refractivity contribution in [3.8, 4) is 17.1 Å². The minimum absolute atomic E-state index is 0.324. The van der Waals surface area contributed by atoms with Gasteiger partial charge >= 0.3 is 5.69 Å². The van der Waals surface area contributed by atoms with Crippen LogP contribution in [0.1, 0.15) is 16.7 Å². The molecule has 0 radical (unpaired) electrons. The number of nitrogens with zero attached hydrogens (tertiary/aromatic N) is 6. The number of hydrogen-bond donors (Lipinski definition) is 0. The highest BCUT2D eigenvalue weighted by atomic mass is 16.5. The highest BCUT2D eigenvalue weighted by Gasteiger charge is 2.14. The molecule has 0 aliphatic rings. The Morgan fingerprint density at radius 3 is 2.57 bits per heavy atom. The molecule has 8 heteroatoms. The van der Waals surface area contributed by atoms with Crippen molar-refractivity contribution in [1.29, 1.82) is 0 Å². The van der Waals surface area contributed by atoms with E-state index in [1.54, 1.807) is 19.3 Å². The van der Waals surface area contributed by atoms with Crippen molar-refractivity contribution in [2.45, 2.75) is 20.5 Å². The third kappa shape index (κ3) is 3.20. The summed E-state index contributed by atoms with van der Waals surface area (Å²) in [6.07, 6.45) is 3.66. The van der Waals surface area contributed by atoms with Crippen LogP contribution in [0.3, 0.4) is 0 Å². The van der Waals surface area contributed by atoms with Gasteiger partial charge in [-0.1, -0.05) is 18.2 Å². The molecule has 0 N–H and O–H groups in total. The molecule has 0 fully saturated rings. The van der Waals surface area contributed by atoms with Gasteiger partial charge in [0, 0.05) is 19.4 Å². The van der Waals surface area contributed by atoms with Gasteiger partial charge in [-0.3, -0.25) is 0 Å². The van der Waals surface area contributed by atoms with Gasteiger partial charge in [0.2, 0.25) is 0 Å². The number of para-hydroxylation sites is 1. The van der Waals surface area contributed by atoms with Crippen LogP contribution in [0.25, 0.3) is 11.4 Å². The van der Waals surface area contributed by atoms with Crippen LogP contribution in [-0.2, 0) is 13.7 Å². The van der Waals surface area contributed by atoms with E-state index < -0.39 is 0 Å². The Morgan fingerprint density at radius 2 is 1.89 bits per heavy atom. The molecule has 0 saturated carbocycles. The lowest BCUT2D eigenvalue weighted by Gasteiger charge is -2.15. The zero-order chi connectivity index (χ0) is 19.7. The second-order valence-corrected chi connectivity index (χ2v) is 6.57. The lowest BCUT2D eigenvalue weighted by molar-refractivity contribution is 0.301. The predicted octanol–water partition coefficient (Wildman–Crippen LogP) is 2.35. The highest BCUT2D eigenvalue weighted by molar-refractivity contribution is 5.51. The zero-order valence-corrected chi connectivity index (χ0v) is 15.9. The Morgan fingerprint density at radius 1 is 1.04 bits per heavy atom. The summed E-state index contributed by atoms with van der Waals surface area (Å²) in [7, 11) is 1.56. The fourth-order valence-corrected chi connectivity index (χ4v) is 3.01. The Kier molecular flexibility index (Phi) is 4.52. The lowest BCUT2D eigenvalue weighted by Crippen LogP contribution is -2.22. The van der Waals surface area contributed by atoms with Crippen LogP contribution in [-0.4, -0.2) is 29.6 Å². The van der Waals surface area contributed by atoms with Crippen LogP contribution in [0.5, 0.6) is 5.75 Å². The number of hydrogen-bond acceptors (Lipinski definition) is 5. The van der Waals surface area contributed by atoms with Crippen molar-refractivity contribution < 1.29 is 4.74 Å². The van der Waals surface area contributed by atoms with E-state index in [0.717, 1.165) is 22.4 Å². The van der Waals surface area contributed by atoms with Crippen molar-refractivity contribution in [2.75, 3.05) is 0 Å². The molecule has 2 aromatic heterocycles. The standard InChI is InChI=1S/C20H20N6O2/c1-14-6-4-7-18(26-20(27)24(3)22-23-26)19(14)28-13-16-8-9-17(12-15(16)2)25-11-5-10-21-25/h4-12H,13H2,1-3H3. The van der Waals surface area contributed by atoms with Crippen LogP contribution in [0.15, 0.2) is 59.7 Å². The van der Waals surface area contributed by atoms with Crippen molar-refractivity contribution in [2.24, 2.45) is 7.05 Å². The SMILES string of the molecule is Cc1cc(-n2cccn2)ccc1COc1c(C)cccc1-n1nnn(C)c1=O. The second kappa shape index (κ2) is 7.15. The molecular weight excluding hydrogens is 356 g/mol. The summed E-state index contributed by atoms with van der Waals surface area (Å²) in [4.78, 5) is 12.2. The number of aromatic nitrogens is 6. The Bertz CT molecular complexity index is 1170. The number of ether oxygens (including phenoxy) is 1. The van der Waals surface area contributed by atoms with E-state index in [-0.39, 0.29) is 5.69 Å². The van der Waals surface area contributed by atoms with E-state index in [4.69, 9.17) is 4.74 Å². The molecule has 2 aromatic carbocycles. The summed E-state index contributed by atoms with van der Waals surface area (Å²) in [5, 5.41) is 12.0. The lowest BCUT2D eigenvalue weighted by atomic mass is 10.1. The maximum atomic E-state index is 12.2. The molecule has 0 aliphatic heterocycles. The topological polar surface area (TPSA) is 79.8 Å². The van der Waals surface area contributed by atoms with Crippen LogP contribution in [0.2, 0.25) is 0 Å². The number of benzene rings is 2. The average molecular weight is 376 g/mol. The first-order valence-electron chi connectivity index (χ1n) is 8.86. The maximum absolute atomic E-state index is 12.2. The first-order chi connectivity index (χ1) is 13.5. The summed E-state index contributed by atoms with van der Waals surface area (Å²) in [5.41, 5.74) is 4.31. The van der Waals surface area contributed by atoms with E-state index >= 15 is 0 Å². The normalized spacial score (nSPS) is 11.0. The summed E-state index contributed by atoms with van der Waals surface area (Å²) in [6, 6.07) is 13.6. The van der Waals surface area contributed by atoms with E-state index in [0.29, 0.717) is 18.0 Å². The molecule has 8 nitrogen and oxygen atoms in total. The molecule has 28 heavy (non-hydrogen) atoms. The minimum atomic E-state index is -0.324. The minimum Gasteiger partial charge on any atom is -0.486 e. The van der Waals surface area contributed by atoms with Gasteiger partial charge in [0.25, 0.3) is 0 Å². The van der Waals surface area contributed by atoms with Gasteiger partial charge in [0.15, 0.2) is 0 Å². The summed E-state index contributed by atoms with van der Waals surface area (Å²) >= 11 is 0. The molecule has 0 aliphatic carbocycles. The number of tetrazole rings is 1. The van der Waals surface area contributed by atoms with Crippen LogP contribution >= 0.6 is 0 Å². The van der Waals surface area contributed by atoms with Crippen molar-refractivity contribution in [3.05, 3.63) is 82.0 Å². The molecule has 0 amide bonds. The zero-order valence-electron chi connectivity index (χ0n) is 15.9. The van der Waals surface area contributed by atoms with E-state index in [2.05, 4.69) is 21.6 Å². The predicted molar refractivity (Wildman–Crippen MR) is 104 cm³/mol. The first kappa shape index (κ1) is 17.7. The molecular formula is C20H20N6O2.